The number of hydrogen-bond donors (Lipinski definition) is 0. The van der Waals surface area contributed by atoms with Crippen molar-refractivity contribution in [3.63, 3.8) is 0 Å². The second kappa shape index (κ2) is 7.85. The lowest BCUT2D eigenvalue weighted by Crippen LogP contribution is -1.98. The first-order chi connectivity index (χ1) is 5.85. The van der Waals surface area contributed by atoms with Gasteiger partial charge in [0.25, 0.3) is 0 Å². The third kappa shape index (κ3) is 5.53. The Kier molecular flexibility index (Phi) is 7.03. The number of nitrogens with zero attached hydrogens (tertiary/aromatic N) is 3. The minimum atomic E-state index is 0.618. The Morgan fingerprint density at radius 1 is 1.25 bits per heavy atom. The molecular weight excluding hydrogens is 150 g/mol. The quantitative estimate of drug-likeness (QED) is 0.565. The Morgan fingerprint density at radius 2 is 2.00 bits per heavy atom. The van der Waals surface area contributed by atoms with Gasteiger partial charge >= 0.3 is 0 Å². The Balaban J connectivity index is 3.89. The van der Waals surface area contributed by atoms with Crippen molar-refractivity contribution in [2.75, 3.05) is 20.6 Å². The highest BCUT2D eigenvalue weighted by atomic mass is 14.8. The van der Waals surface area contributed by atoms with Crippen molar-refractivity contribution in [3.8, 4) is 0 Å². The van der Waals surface area contributed by atoms with E-state index in [2.05, 4.69) is 15.0 Å². The summed E-state index contributed by atoms with van der Waals surface area (Å²) in [6, 6.07) is 0. The van der Waals surface area contributed by atoms with E-state index in [9.17, 15) is 0 Å². The molecule has 0 fully saturated rings. The molecule has 0 bridgehead atoms. The summed E-state index contributed by atoms with van der Waals surface area (Å²) in [7, 11) is 3.48. The molecule has 0 spiro atoms. The predicted octanol–water partition coefficient (Wildman–Crippen LogP) is 1.40. The molecule has 0 unspecified atom stereocenters. The third-order valence-corrected chi connectivity index (χ3v) is 1.22. The van der Waals surface area contributed by atoms with E-state index in [4.69, 9.17) is 0 Å². The molecule has 0 aliphatic carbocycles. The monoisotopic (exact) mass is 165 g/mol. The summed E-state index contributed by atoms with van der Waals surface area (Å²) >= 11 is 0. The van der Waals surface area contributed by atoms with Crippen molar-refractivity contribution in [1.29, 1.82) is 0 Å². The smallest absolute Gasteiger partial charge is 0.0807 e. The SMILES string of the molecule is C/C=C\C(CN=CC=NC)=NC. The summed E-state index contributed by atoms with van der Waals surface area (Å²) in [6.07, 6.45) is 7.23. The minimum Gasteiger partial charge on any atom is -0.295 e. The van der Waals surface area contributed by atoms with Crippen molar-refractivity contribution in [2.45, 2.75) is 6.92 Å². The maximum absolute atomic E-state index is 4.09. The highest BCUT2D eigenvalue weighted by molar-refractivity contribution is 6.16. The molecule has 0 aromatic heterocycles. The van der Waals surface area contributed by atoms with Gasteiger partial charge in [-0.2, -0.15) is 0 Å². The van der Waals surface area contributed by atoms with E-state index in [1.165, 1.54) is 0 Å². The molecule has 0 heterocycles. The normalized spacial score (nSPS) is 14.1. The van der Waals surface area contributed by atoms with Crippen molar-refractivity contribution in [3.05, 3.63) is 12.2 Å². The average molecular weight is 165 g/mol. The lowest BCUT2D eigenvalue weighted by Gasteiger charge is -1.91. The molecule has 0 aliphatic heterocycles. The van der Waals surface area contributed by atoms with Gasteiger partial charge in [0.05, 0.1) is 12.3 Å². The van der Waals surface area contributed by atoms with Crippen LogP contribution in [0.5, 0.6) is 0 Å². The largest absolute Gasteiger partial charge is 0.295 e. The van der Waals surface area contributed by atoms with E-state index in [0.717, 1.165) is 5.71 Å². The first-order valence-electron chi connectivity index (χ1n) is 3.84. The Bertz CT molecular complexity index is 212. The molecule has 0 N–H and O–H groups in total. The molecule has 0 aliphatic rings. The summed E-state index contributed by atoms with van der Waals surface area (Å²) in [5.41, 5.74) is 0.971. The summed E-state index contributed by atoms with van der Waals surface area (Å²) in [4.78, 5) is 11.9. The Morgan fingerprint density at radius 3 is 2.50 bits per heavy atom. The second-order valence-electron chi connectivity index (χ2n) is 2.11. The van der Waals surface area contributed by atoms with Crippen LogP contribution >= 0.6 is 0 Å². The standard InChI is InChI=1S/C9H15N3/c1-4-5-9(11-3)8-12-7-6-10-2/h4-7H,8H2,1-3H3/b5-4-,10-6?,11-9?,12-7?. The van der Waals surface area contributed by atoms with E-state index < -0.39 is 0 Å². The highest BCUT2D eigenvalue weighted by Crippen LogP contribution is 1.82. The molecule has 0 aromatic rings. The van der Waals surface area contributed by atoms with Crippen LogP contribution < -0.4 is 0 Å². The van der Waals surface area contributed by atoms with Crippen molar-refractivity contribution < 1.29 is 0 Å². The summed E-state index contributed by atoms with van der Waals surface area (Å²) in [6.45, 7) is 2.58. The van der Waals surface area contributed by atoms with Gasteiger partial charge < -0.3 is 0 Å². The van der Waals surface area contributed by atoms with E-state index in [-0.39, 0.29) is 0 Å². The van der Waals surface area contributed by atoms with E-state index >= 15 is 0 Å². The first kappa shape index (κ1) is 10.8. The number of rotatable bonds is 4. The molecule has 3 nitrogen and oxygen atoms in total. The lowest BCUT2D eigenvalue weighted by molar-refractivity contribution is 1.28. The third-order valence-electron chi connectivity index (χ3n) is 1.22. The van der Waals surface area contributed by atoms with Gasteiger partial charge in [-0.15, -0.1) is 0 Å². The van der Waals surface area contributed by atoms with Crippen LogP contribution in [0.15, 0.2) is 27.1 Å². The summed E-state index contributed by atoms with van der Waals surface area (Å²) in [5.74, 6) is 0. The van der Waals surface area contributed by atoms with Crippen molar-refractivity contribution >= 4 is 18.1 Å². The predicted molar refractivity (Wildman–Crippen MR) is 55.9 cm³/mol. The molecule has 0 radical (unpaired) electrons. The molecule has 0 aromatic carbocycles. The van der Waals surface area contributed by atoms with E-state index in [1.54, 1.807) is 26.5 Å². The molecule has 12 heavy (non-hydrogen) atoms. The van der Waals surface area contributed by atoms with Crippen LogP contribution in [-0.4, -0.2) is 38.8 Å². The molecular formula is C9H15N3. The van der Waals surface area contributed by atoms with Gasteiger partial charge in [-0.05, 0) is 13.0 Å². The zero-order valence-corrected chi connectivity index (χ0v) is 7.86. The van der Waals surface area contributed by atoms with Gasteiger partial charge in [0.1, 0.15) is 0 Å². The molecule has 0 saturated carbocycles. The van der Waals surface area contributed by atoms with Gasteiger partial charge in [0.2, 0.25) is 0 Å². The van der Waals surface area contributed by atoms with Crippen LogP contribution in [0.4, 0.5) is 0 Å². The number of allylic oxidation sites excluding steroid dienone is 1. The van der Waals surface area contributed by atoms with Crippen LogP contribution in [0, 0.1) is 0 Å². The number of aliphatic imine (C=N–C) groups is 3. The number of hydrogen-bond acceptors (Lipinski definition) is 3. The minimum absolute atomic E-state index is 0.618. The van der Waals surface area contributed by atoms with Gasteiger partial charge in [-0.3, -0.25) is 15.0 Å². The zero-order chi connectivity index (χ0) is 9.23. The maximum atomic E-state index is 4.09. The second-order valence-corrected chi connectivity index (χ2v) is 2.11. The van der Waals surface area contributed by atoms with E-state index in [1.807, 2.05) is 19.1 Å². The van der Waals surface area contributed by atoms with Crippen LogP contribution in [-0.2, 0) is 0 Å². The molecule has 3 heteroatoms. The highest BCUT2D eigenvalue weighted by Gasteiger charge is 1.86. The van der Waals surface area contributed by atoms with Crippen molar-refractivity contribution in [1.82, 2.24) is 0 Å². The molecule has 0 amide bonds. The zero-order valence-electron chi connectivity index (χ0n) is 7.86. The Hall–Kier alpha value is -1.25. The van der Waals surface area contributed by atoms with Gasteiger partial charge in [0.15, 0.2) is 0 Å². The summed E-state index contributed by atoms with van der Waals surface area (Å²) < 4.78 is 0. The van der Waals surface area contributed by atoms with E-state index in [0.29, 0.717) is 6.54 Å². The molecule has 0 rings (SSSR count). The first-order valence-corrected chi connectivity index (χ1v) is 3.84. The van der Waals surface area contributed by atoms with Crippen LogP contribution in [0.3, 0.4) is 0 Å². The Labute approximate surface area is 73.7 Å². The molecule has 66 valence electrons. The fourth-order valence-corrected chi connectivity index (χ4v) is 0.650. The van der Waals surface area contributed by atoms with Crippen molar-refractivity contribution in [2.24, 2.45) is 15.0 Å². The topological polar surface area (TPSA) is 37.1 Å². The fourth-order valence-electron chi connectivity index (χ4n) is 0.650. The molecule has 0 atom stereocenters. The van der Waals surface area contributed by atoms with Crippen LogP contribution in [0.2, 0.25) is 0 Å². The van der Waals surface area contributed by atoms with Gasteiger partial charge in [-0.1, -0.05) is 6.08 Å². The van der Waals surface area contributed by atoms with Gasteiger partial charge in [-0.25, -0.2) is 0 Å². The lowest BCUT2D eigenvalue weighted by atomic mass is 10.3. The fraction of sp³-hybridized carbons (Fsp3) is 0.444. The maximum Gasteiger partial charge on any atom is 0.0807 e. The van der Waals surface area contributed by atoms with Crippen LogP contribution in [0.25, 0.3) is 0 Å². The van der Waals surface area contributed by atoms with Crippen LogP contribution in [0.1, 0.15) is 6.92 Å². The summed E-state index contributed by atoms with van der Waals surface area (Å²) in [5, 5.41) is 0. The van der Waals surface area contributed by atoms with Gasteiger partial charge in [0, 0.05) is 26.5 Å². The average Bonchev–Trinajstić information content (AvgIpc) is 2.10. The molecule has 0 saturated heterocycles.